The Kier molecular flexibility index (Phi) is 7.72. The smallest absolute Gasteiger partial charge is 0.338 e. The zero-order chi connectivity index (χ0) is 21.1. The Labute approximate surface area is 183 Å². The molecule has 152 valence electrons. The van der Waals surface area contributed by atoms with Crippen LogP contribution in [0, 0.1) is 0 Å². The van der Waals surface area contributed by atoms with E-state index in [1.165, 1.54) is 6.07 Å². The first-order chi connectivity index (χ1) is 13.0. The van der Waals surface area contributed by atoms with Gasteiger partial charge in [-0.15, -0.1) is 0 Å². The van der Waals surface area contributed by atoms with Gasteiger partial charge in [-0.1, -0.05) is 23.7 Å². The summed E-state index contributed by atoms with van der Waals surface area (Å²) in [5, 5.41) is 8.89. The highest BCUT2D eigenvalue weighted by Gasteiger charge is 2.19. The molecule has 28 heavy (non-hydrogen) atoms. The average Bonchev–Trinajstić information content (AvgIpc) is 2.55. The summed E-state index contributed by atoms with van der Waals surface area (Å²) in [6, 6.07) is 7.99. The Balaban J connectivity index is 2.19. The van der Waals surface area contributed by atoms with Gasteiger partial charge in [-0.25, -0.2) is 17.6 Å². The van der Waals surface area contributed by atoms with Crippen LogP contribution < -0.4 is 9.46 Å². The van der Waals surface area contributed by atoms with Crippen LogP contribution in [0.15, 0.2) is 39.3 Å². The lowest BCUT2D eigenvalue weighted by Gasteiger charge is -2.15. The molecule has 11 heteroatoms. The molecule has 0 saturated heterocycles. The molecule has 0 heterocycles. The molecule has 0 aromatic heterocycles. The molecule has 6 nitrogen and oxygen atoms in total. The summed E-state index contributed by atoms with van der Waals surface area (Å²) in [4.78, 5) is 10.7. The van der Waals surface area contributed by atoms with Gasteiger partial charge in [0.25, 0.3) is 0 Å². The number of hydrogen-bond donors (Lipinski definition) is 2. The predicted molar refractivity (Wildman–Crippen MR) is 112 cm³/mol. The van der Waals surface area contributed by atoms with E-state index in [9.17, 15) is 17.6 Å². The third-order valence-electron chi connectivity index (χ3n) is 3.49. The number of aliphatic carboxylic acids is 1. The Morgan fingerprint density at radius 3 is 2.46 bits per heavy atom. The molecule has 0 fully saturated rings. The fourth-order valence-electron chi connectivity index (χ4n) is 2.28. The minimum absolute atomic E-state index is 0.0372. The number of carboxylic acid groups (broad SMARTS) is 1. The van der Waals surface area contributed by atoms with Gasteiger partial charge in [0, 0.05) is 12.0 Å². The number of anilines is 1. The number of nitrogens with one attached hydrogen (secondary N) is 1. The number of rotatable bonds is 8. The molecule has 2 aromatic carbocycles. The highest BCUT2D eigenvalue weighted by Crippen LogP contribution is 2.36. The maximum Gasteiger partial charge on any atom is 0.338 e. The largest absolute Gasteiger partial charge is 0.486 e. The number of carbonyl (C=O) groups is 1. The van der Waals surface area contributed by atoms with E-state index in [2.05, 4.69) is 36.6 Å². The molecule has 0 aliphatic carbocycles. The molecule has 2 aromatic rings. The number of halogens is 4. The van der Waals surface area contributed by atoms with Gasteiger partial charge in [-0.05, 0) is 55.6 Å². The van der Waals surface area contributed by atoms with Gasteiger partial charge in [0.2, 0.25) is 16.2 Å². The van der Waals surface area contributed by atoms with Crippen LogP contribution in [0.3, 0.4) is 0 Å². The van der Waals surface area contributed by atoms with Gasteiger partial charge >= 0.3 is 5.97 Å². The van der Waals surface area contributed by atoms with Gasteiger partial charge in [0.1, 0.15) is 12.4 Å². The highest BCUT2D eigenvalue weighted by molar-refractivity contribution is 9.11. The monoisotopic (exact) mass is 557 g/mol. The van der Waals surface area contributed by atoms with E-state index < -0.39 is 22.2 Å². The van der Waals surface area contributed by atoms with E-state index in [4.69, 9.17) is 21.4 Å². The van der Waals surface area contributed by atoms with Crippen molar-refractivity contribution in [1.29, 1.82) is 0 Å². The number of carboxylic acids is 1. The van der Waals surface area contributed by atoms with E-state index >= 15 is 0 Å². The molecule has 0 aliphatic heterocycles. The third-order valence-corrected chi connectivity index (χ3v) is 5.70. The van der Waals surface area contributed by atoms with Gasteiger partial charge in [-0.3, -0.25) is 4.72 Å². The van der Waals surface area contributed by atoms with Crippen LogP contribution in [-0.4, -0.2) is 31.9 Å². The summed E-state index contributed by atoms with van der Waals surface area (Å²) < 4.78 is 45.3. The molecule has 0 amide bonds. The number of sulfonamides is 1. The van der Waals surface area contributed by atoms with Crippen molar-refractivity contribution in [2.24, 2.45) is 0 Å². The van der Waals surface area contributed by atoms with E-state index in [1.807, 2.05) is 0 Å². The summed E-state index contributed by atoms with van der Waals surface area (Å²) in [6.45, 7) is 0.0372. The zero-order valence-electron chi connectivity index (χ0n) is 14.4. The van der Waals surface area contributed by atoms with Crippen molar-refractivity contribution in [2.75, 3.05) is 11.0 Å². The lowest BCUT2D eigenvalue weighted by Crippen LogP contribution is -2.17. The van der Waals surface area contributed by atoms with Gasteiger partial charge in [0.05, 0.1) is 25.9 Å². The molecule has 0 radical (unpaired) electrons. The molecule has 0 spiro atoms. The Bertz CT molecular complexity index is 980. The third kappa shape index (κ3) is 6.33. The lowest BCUT2D eigenvalue weighted by atomic mass is 10.1. The van der Waals surface area contributed by atoms with Crippen molar-refractivity contribution < 1.29 is 27.4 Å². The fraction of sp³-hybridized carbons (Fsp3) is 0.235. The van der Waals surface area contributed by atoms with Crippen LogP contribution in [0.1, 0.15) is 11.1 Å². The standard InChI is InChI=1S/C17H15Br2ClFNO5S/c1-28(25,26)22-14-4-2-3-10(15(14)20)8-27-16-11(18)5-9(6-12(16)19)7-13(21)17(23)24/h2-6,13,22H,7-8H2,1H3,(H,23,24). The summed E-state index contributed by atoms with van der Waals surface area (Å²) in [6.07, 6.45) is -1.26. The number of hydrogen-bond acceptors (Lipinski definition) is 4. The van der Waals surface area contributed by atoms with Crippen LogP contribution >= 0.6 is 43.5 Å². The molecule has 0 bridgehead atoms. The van der Waals surface area contributed by atoms with Crippen LogP contribution in [0.2, 0.25) is 5.02 Å². The first-order valence-corrected chi connectivity index (χ1v) is 11.6. The summed E-state index contributed by atoms with van der Waals surface area (Å²) in [7, 11) is -3.48. The van der Waals surface area contributed by atoms with Crippen molar-refractivity contribution in [1.82, 2.24) is 0 Å². The minimum Gasteiger partial charge on any atom is -0.486 e. The maximum atomic E-state index is 13.4. The molecule has 1 atom stereocenters. The average molecular weight is 560 g/mol. The lowest BCUT2D eigenvalue weighted by molar-refractivity contribution is -0.142. The van der Waals surface area contributed by atoms with Crippen molar-refractivity contribution in [3.05, 3.63) is 55.4 Å². The maximum absolute atomic E-state index is 13.4. The molecule has 1 unspecified atom stereocenters. The normalized spacial score (nSPS) is 12.5. The first-order valence-electron chi connectivity index (χ1n) is 7.70. The number of benzene rings is 2. The second-order valence-corrected chi connectivity index (χ2v) is 9.68. The topological polar surface area (TPSA) is 92.7 Å². The van der Waals surface area contributed by atoms with E-state index in [1.54, 1.807) is 24.3 Å². The molecule has 0 aliphatic rings. The van der Waals surface area contributed by atoms with E-state index in [-0.39, 0.29) is 23.7 Å². The van der Waals surface area contributed by atoms with E-state index in [0.29, 0.717) is 25.8 Å². The van der Waals surface area contributed by atoms with Crippen molar-refractivity contribution in [3.63, 3.8) is 0 Å². The predicted octanol–water partition coefficient (Wildman–Crippen LogP) is 4.78. The van der Waals surface area contributed by atoms with Gasteiger partial charge in [0.15, 0.2) is 0 Å². The van der Waals surface area contributed by atoms with Crippen LogP contribution in [0.25, 0.3) is 0 Å². The quantitative estimate of drug-likeness (QED) is 0.486. The second kappa shape index (κ2) is 9.43. The Hall–Kier alpha value is -1.36. The molecule has 0 saturated carbocycles. The summed E-state index contributed by atoms with van der Waals surface area (Å²) in [5.41, 5.74) is 1.26. The van der Waals surface area contributed by atoms with Crippen molar-refractivity contribution in [2.45, 2.75) is 19.2 Å². The van der Waals surface area contributed by atoms with Crippen LogP contribution in [-0.2, 0) is 27.8 Å². The summed E-state index contributed by atoms with van der Waals surface area (Å²) >= 11 is 12.9. The zero-order valence-corrected chi connectivity index (χ0v) is 19.1. The van der Waals surface area contributed by atoms with Gasteiger partial charge < -0.3 is 9.84 Å². The Morgan fingerprint density at radius 2 is 1.93 bits per heavy atom. The summed E-state index contributed by atoms with van der Waals surface area (Å²) in [5.74, 6) is -1.11. The van der Waals surface area contributed by atoms with E-state index in [0.717, 1.165) is 6.26 Å². The molecular formula is C17H15Br2ClFNO5S. The minimum atomic E-state index is -3.48. The van der Waals surface area contributed by atoms with Crippen LogP contribution in [0.4, 0.5) is 10.1 Å². The number of ether oxygens (including phenoxy) is 1. The molecule has 2 rings (SSSR count). The first kappa shape index (κ1) is 22.9. The SMILES string of the molecule is CS(=O)(=O)Nc1cccc(COc2c(Br)cc(CC(F)C(=O)O)cc2Br)c1Cl. The Morgan fingerprint density at radius 1 is 1.32 bits per heavy atom. The van der Waals surface area contributed by atoms with Crippen molar-refractivity contribution >= 4 is 65.1 Å². The number of alkyl halides is 1. The second-order valence-electron chi connectivity index (χ2n) is 5.84. The fourth-order valence-corrected chi connectivity index (χ4v) is 4.65. The highest BCUT2D eigenvalue weighted by atomic mass is 79.9. The van der Waals surface area contributed by atoms with Gasteiger partial charge in [-0.2, -0.15) is 0 Å². The van der Waals surface area contributed by atoms with Crippen molar-refractivity contribution in [3.8, 4) is 5.75 Å². The van der Waals surface area contributed by atoms with Crippen LogP contribution in [0.5, 0.6) is 5.75 Å². The molecule has 2 N–H and O–H groups in total. The molecular weight excluding hydrogens is 545 g/mol.